The van der Waals surface area contributed by atoms with E-state index in [0.717, 1.165) is 19.0 Å². The van der Waals surface area contributed by atoms with Crippen molar-refractivity contribution in [1.82, 2.24) is 10.2 Å². The third-order valence-electron chi connectivity index (χ3n) is 5.55. The Balaban J connectivity index is 1.59. The van der Waals surface area contributed by atoms with Crippen molar-refractivity contribution in [3.63, 3.8) is 0 Å². The number of nitrogens with one attached hydrogen (secondary N) is 1. The van der Waals surface area contributed by atoms with Crippen LogP contribution in [0.4, 0.5) is 0 Å². The average molecular weight is 300 g/mol. The van der Waals surface area contributed by atoms with Crippen LogP contribution >= 0.6 is 0 Å². The van der Waals surface area contributed by atoms with Gasteiger partial charge in [0, 0.05) is 32.7 Å². The average Bonchev–Trinajstić information content (AvgIpc) is 2.53. The second-order valence-electron chi connectivity index (χ2n) is 8.04. The van der Waals surface area contributed by atoms with E-state index in [-0.39, 0.29) is 0 Å². The van der Waals surface area contributed by atoms with Crippen LogP contribution < -0.4 is 5.32 Å². The van der Waals surface area contributed by atoms with Gasteiger partial charge in [0.2, 0.25) is 0 Å². The molecule has 1 aliphatic carbocycles. The Morgan fingerprint density at radius 3 is 2.82 bits per heavy atom. The number of hydrogen-bond acceptors (Lipinski definition) is 2. The lowest BCUT2D eigenvalue weighted by atomic mass is 9.70. The topological polar surface area (TPSA) is 15.3 Å². The number of rotatable bonds is 4. The molecule has 0 spiro atoms. The van der Waals surface area contributed by atoms with Gasteiger partial charge in [0.25, 0.3) is 0 Å². The van der Waals surface area contributed by atoms with Crippen LogP contribution in [-0.4, -0.2) is 37.6 Å². The molecule has 0 radical (unpaired) electrons. The van der Waals surface area contributed by atoms with Gasteiger partial charge in [-0.2, -0.15) is 0 Å². The third-order valence-corrected chi connectivity index (χ3v) is 5.55. The summed E-state index contributed by atoms with van der Waals surface area (Å²) in [6.07, 6.45) is 6.72. The van der Waals surface area contributed by atoms with Crippen LogP contribution in [0.1, 0.15) is 56.6 Å². The zero-order valence-electron chi connectivity index (χ0n) is 14.4. The van der Waals surface area contributed by atoms with E-state index < -0.39 is 0 Å². The van der Waals surface area contributed by atoms with Gasteiger partial charge >= 0.3 is 0 Å². The third kappa shape index (κ3) is 4.33. The highest BCUT2D eigenvalue weighted by atomic mass is 15.2. The minimum absolute atomic E-state index is 0.528. The van der Waals surface area contributed by atoms with E-state index in [4.69, 9.17) is 0 Å². The first-order chi connectivity index (χ1) is 10.6. The van der Waals surface area contributed by atoms with Gasteiger partial charge in [-0.15, -0.1) is 0 Å². The van der Waals surface area contributed by atoms with Crippen molar-refractivity contribution in [2.45, 2.75) is 51.9 Å². The minimum Gasteiger partial charge on any atom is -0.314 e. The van der Waals surface area contributed by atoms with Gasteiger partial charge in [0.1, 0.15) is 0 Å². The summed E-state index contributed by atoms with van der Waals surface area (Å²) >= 11 is 0. The molecule has 2 aliphatic rings. The SMILES string of the molecule is CC1(C)CCCC(c2cccc(CCN3CCNCC3)c2)C1. The fraction of sp³-hybridized carbons (Fsp3) is 0.700. The van der Waals surface area contributed by atoms with Crippen LogP contribution in [0.3, 0.4) is 0 Å². The molecule has 1 saturated heterocycles. The van der Waals surface area contributed by atoms with Crippen LogP contribution in [0.5, 0.6) is 0 Å². The molecule has 22 heavy (non-hydrogen) atoms. The van der Waals surface area contributed by atoms with Gasteiger partial charge in [-0.1, -0.05) is 44.5 Å². The summed E-state index contributed by atoms with van der Waals surface area (Å²) in [5.74, 6) is 0.780. The molecule has 2 nitrogen and oxygen atoms in total. The Morgan fingerprint density at radius 1 is 1.23 bits per heavy atom. The van der Waals surface area contributed by atoms with E-state index in [2.05, 4.69) is 48.3 Å². The number of piperazine rings is 1. The Kier molecular flexibility index (Phi) is 5.20. The molecule has 1 unspecified atom stereocenters. The fourth-order valence-corrected chi connectivity index (χ4v) is 4.21. The zero-order valence-corrected chi connectivity index (χ0v) is 14.4. The lowest BCUT2D eigenvalue weighted by molar-refractivity contribution is 0.219. The van der Waals surface area contributed by atoms with Crippen molar-refractivity contribution in [3.8, 4) is 0 Å². The lowest BCUT2D eigenvalue weighted by Gasteiger charge is -2.35. The van der Waals surface area contributed by atoms with E-state index in [1.807, 2.05) is 0 Å². The first-order valence-electron chi connectivity index (χ1n) is 9.14. The first-order valence-corrected chi connectivity index (χ1v) is 9.14. The molecule has 0 aromatic heterocycles. The Hall–Kier alpha value is -0.860. The Bertz CT molecular complexity index is 474. The van der Waals surface area contributed by atoms with Gasteiger partial charge in [0.05, 0.1) is 0 Å². The normalized spacial score (nSPS) is 26.0. The van der Waals surface area contributed by atoms with Crippen LogP contribution in [0, 0.1) is 5.41 Å². The summed E-state index contributed by atoms with van der Waals surface area (Å²) < 4.78 is 0. The molecule has 2 fully saturated rings. The Morgan fingerprint density at radius 2 is 2.05 bits per heavy atom. The van der Waals surface area contributed by atoms with Crippen molar-refractivity contribution < 1.29 is 0 Å². The van der Waals surface area contributed by atoms with Crippen molar-refractivity contribution in [2.24, 2.45) is 5.41 Å². The summed E-state index contributed by atoms with van der Waals surface area (Å²) in [7, 11) is 0. The highest BCUT2D eigenvalue weighted by Gasteiger charge is 2.28. The molecule has 0 amide bonds. The van der Waals surface area contributed by atoms with Gasteiger partial charge in [-0.25, -0.2) is 0 Å². The van der Waals surface area contributed by atoms with Crippen LogP contribution in [0.25, 0.3) is 0 Å². The van der Waals surface area contributed by atoms with E-state index in [9.17, 15) is 0 Å². The summed E-state index contributed by atoms with van der Waals surface area (Å²) in [6.45, 7) is 10.8. The van der Waals surface area contributed by atoms with Crippen molar-refractivity contribution in [3.05, 3.63) is 35.4 Å². The molecule has 1 aromatic rings. The minimum atomic E-state index is 0.528. The van der Waals surface area contributed by atoms with Crippen molar-refractivity contribution in [2.75, 3.05) is 32.7 Å². The summed E-state index contributed by atoms with van der Waals surface area (Å²) in [6, 6.07) is 9.46. The molecule has 0 bridgehead atoms. The zero-order chi connectivity index (χ0) is 15.4. The fourth-order valence-electron chi connectivity index (χ4n) is 4.21. The predicted molar refractivity (Wildman–Crippen MR) is 94.4 cm³/mol. The van der Waals surface area contributed by atoms with E-state index in [0.29, 0.717) is 5.41 Å². The monoisotopic (exact) mass is 300 g/mol. The maximum Gasteiger partial charge on any atom is 0.0108 e. The standard InChI is InChI=1S/C20H32N2/c1-20(2)9-4-7-19(16-20)18-6-3-5-17(15-18)8-12-22-13-10-21-11-14-22/h3,5-6,15,19,21H,4,7-14,16H2,1-2H3. The van der Waals surface area contributed by atoms with E-state index in [1.54, 1.807) is 5.56 Å². The second-order valence-corrected chi connectivity index (χ2v) is 8.04. The molecule has 1 aliphatic heterocycles. The summed E-state index contributed by atoms with van der Waals surface area (Å²) in [4.78, 5) is 2.59. The quantitative estimate of drug-likeness (QED) is 0.909. The summed E-state index contributed by atoms with van der Waals surface area (Å²) in [5, 5.41) is 3.43. The first kappa shape index (κ1) is 16.0. The van der Waals surface area contributed by atoms with Crippen LogP contribution in [-0.2, 0) is 6.42 Å². The van der Waals surface area contributed by atoms with Crippen molar-refractivity contribution >= 4 is 0 Å². The molecular weight excluding hydrogens is 268 g/mol. The van der Waals surface area contributed by atoms with Gasteiger partial charge in [-0.3, -0.25) is 0 Å². The molecule has 1 saturated carbocycles. The number of hydrogen-bond donors (Lipinski definition) is 1. The van der Waals surface area contributed by atoms with Gasteiger partial charge < -0.3 is 10.2 Å². The van der Waals surface area contributed by atoms with E-state index in [1.165, 1.54) is 57.3 Å². The van der Waals surface area contributed by atoms with Crippen molar-refractivity contribution in [1.29, 1.82) is 0 Å². The molecule has 1 heterocycles. The predicted octanol–water partition coefficient (Wildman–Crippen LogP) is 3.82. The molecule has 122 valence electrons. The molecule has 1 N–H and O–H groups in total. The molecule has 1 aromatic carbocycles. The molecular formula is C20H32N2. The maximum absolute atomic E-state index is 3.43. The van der Waals surface area contributed by atoms with Gasteiger partial charge in [0.15, 0.2) is 0 Å². The highest BCUT2D eigenvalue weighted by Crippen LogP contribution is 2.43. The Labute approximate surface area is 136 Å². The smallest absolute Gasteiger partial charge is 0.0108 e. The molecule has 3 rings (SSSR count). The molecule has 1 atom stereocenters. The van der Waals surface area contributed by atoms with Crippen LogP contribution in [0.15, 0.2) is 24.3 Å². The number of nitrogens with zero attached hydrogens (tertiary/aromatic N) is 1. The van der Waals surface area contributed by atoms with Crippen LogP contribution in [0.2, 0.25) is 0 Å². The van der Waals surface area contributed by atoms with Gasteiger partial charge in [-0.05, 0) is 48.1 Å². The molecule has 2 heteroatoms. The van der Waals surface area contributed by atoms with E-state index >= 15 is 0 Å². The highest BCUT2D eigenvalue weighted by molar-refractivity contribution is 5.27. The summed E-state index contributed by atoms with van der Waals surface area (Å²) in [5.41, 5.74) is 3.64. The largest absolute Gasteiger partial charge is 0.314 e. The second kappa shape index (κ2) is 7.14. The lowest BCUT2D eigenvalue weighted by Crippen LogP contribution is -2.44. The maximum atomic E-state index is 3.43. The number of benzene rings is 1.